The molecule has 2 aromatic rings. The third kappa shape index (κ3) is 2.77. The van der Waals surface area contributed by atoms with Crippen LogP contribution in [-0.2, 0) is 0 Å². The van der Waals surface area contributed by atoms with Crippen molar-refractivity contribution in [1.82, 2.24) is 5.32 Å². The van der Waals surface area contributed by atoms with Crippen LogP contribution in [0.25, 0.3) is 0 Å². The molecule has 1 aromatic carbocycles. The van der Waals surface area contributed by atoms with E-state index in [9.17, 15) is 0 Å². The highest BCUT2D eigenvalue weighted by Gasteiger charge is 2.21. The van der Waals surface area contributed by atoms with Crippen molar-refractivity contribution in [3.63, 3.8) is 0 Å². The summed E-state index contributed by atoms with van der Waals surface area (Å²) in [5.41, 5.74) is 2.22. The van der Waals surface area contributed by atoms with Gasteiger partial charge in [-0.05, 0) is 58.3 Å². The molecule has 3 rings (SSSR count). The van der Waals surface area contributed by atoms with Crippen molar-refractivity contribution in [1.29, 1.82) is 0 Å². The highest BCUT2D eigenvalue weighted by Crippen LogP contribution is 2.39. The lowest BCUT2D eigenvalue weighted by atomic mass is 10.0. The molecule has 0 saturated heterocycles. The number of benzene rings is 1. The average molecular weight is 422 g/mol. The van der Waals surface area contributed by atoms with Crippen LogP contribution in [0.2, 0.25) is 5.02 Å². The molecule has 0 amide bonds. The first kappa shape index (κ1) is 14.4. The van der Waals surface area contributed by atoms with E-state index in [0.717, 1.165) is 17.1 Å². The van der Waals surface area contributed by atoms with Crippen molar-refractivity contribution < 1.29 is 9.47 Å². The second-order valence-corrected chi connectivity index (χ2v) is 7.64. The molecule has 106 valence electrons. The normalized spacial score (nSPS) is 15.2. The highest BCUT2D eigenvalue weighted by atomic mass is 127. The van der Waals surface area contributed by atoms with Gasteiger partial charge in [-0.1, -0.05) is 11.6 Å². The SMILES string of the molecule is CNC(c1csc(I)c1)c1cc2c(cc1Cl)OCCO2. The van der Waals surface area contributed by atoms with Gasteiger partial charge in [-0.3, -0.25) is 0 Å². The maximum absolute atomic E-state index is 6.42. The summed E-state index contributed by atoms with van der Waals surface area (Å²) in [6.07, 6.45) is 0. The topological polar surface area (TPSA) is 30.5 Å². The van der Waals surface area contributed by atoms with Crippen LogP contribution in [0.4, 0.5) is 0 Å². The molecular weight excluding hydrogens is 409 g/mol. The zero-order chi connectivity index (χ0) is 14.1. The van der Waals surface area contributed by atoms with E-state index in [-0.39, 0.29) is 6.04 Å². The molecule has 20 heavy (non-hydrogen) atoms. The Labute approximate surface area is 140 Å². The lowest BCUT2D eigenvalue weighted by molar-refractivity contribution is 0.171. The van der Waals surface area contributed by atoms with Gasteiger partial charge in [0.2, 0.25) is 0 Å². The molecule has 0 bridgehead atoms. The minimum absolute atomic E-state index is 0.0538. The number of hydrogen-bond acceptors (Lipinski definition) is 4. The fourth-order valence-electron chi connectivity index (χ4n) is 2.28. The Bertz CT molecular complexity index is 632. The molecule has 0 radical (unpaired) electrons. The van der Waals surface area contributed by atoms with E-state index in [2.05, 4.69) is 39.4 Å². The first-order chi connectivity index (χ1) is 9.69. The molecule has 3 nitrogen and oxygen atoms in total. The number of nitrogens with one attached hydrogen (secondary N) is 1. The summed E-state index contributed by atoms with van der Waals surface area (Å²) in [6.45, 7) is 1.15. The number of ether oxygens (including phenoxy) is 2. The van der Waals surface area contributed by atoms with Crippen molar-refractivity contribution in [2.24, 2.45) is 0 Å². The Morgan fingerprint density at radius 3 is 2.55 bits per heavy atom. The fourth-order valence-corrected chi connectivity index (χ4v) is 3.94. The Balaban J connectivity index is 2.03. The van der Waals surface area contributed by atoms with Crippen LogP contribution in [-0.4, -0.2) is 20.3 Å². The van der Waals surface area contributed by atoms with Crippen molar-refractivity contribution in [2.45, 2.75) is 6.04 Å². The first-order valence-corrected chi connectivity index (χ1v) is 8.53. The monoisotopic (exact) mass is 421 g/mol. The summed E-state index contributed by atoms with van der Waals surface area (Å²) in [6, 6.07) is 6.04. The zero-order valence-electron chi connectivity index (χ0n) is 10.8. The lowest BCUT2D eigenvalue weighted by Crippen LogP contribution is -2.19. The van der Waals surface area contributed by atoms with E-state index in [1.54, 1.807) is 11.3 Å². The standard InChI is InChI=1S/C14H13ClINO2S/c1-17-14(8-4-13(16)20-7-8)9-5-11-12(6-10(9)15)19-3-2-18-11/h4-7,14,17H,2-3H2,1H3. The number of thiophene rings is 1. The Kier molecular flexibility index (Phi) is 4.40. The van der Waals surface area contributed by atoms with Crippen LogP contribution in [0.1, 0.15) is 17.2 Å². The van der Waals surface area contributed by atoms with Crippen LogP contribution in [0.5, 0.6) is 11.5 Å². The summed E-state index contributed by atoms with van der Waals surface area (Å²) in [7, 11) is 1.93. The molecule has 1 atom stereocenters. The predicted molar refractivity (Wildman–Crippen MR) is 90.4 cm³/mol. The van der Waals surface area contributed by atoms with Crippen molar-refractivity contribution in [3.8, 4) is 11.5 Å². The maximum Gasteiger partial charge on any atom is 0.162 e. The molecule has 1 N–H and O–H groups in total. The third-order valence-corrected chi connectivity index (χ3v) is 5.32. The molecule has 2 heterocycles. The van der Waals surface area contributed by atoms with Crippen LogP contribution in [0, 0.1) is 2.88 Å². The van der Waals surface area contributed by atoms with Crippen LogP contribution >= 0.6 is 45.5 Å². The van der Waals surface area contributed by atoms with Gasteiger partial charge in [-0.15, -0.1) is 11.3 Å². The van der Waals surface area contributed by atoms with Crippen LogP contribution in [0.3, 0.4) is 0 Å². The number of halogens is 2. The van der Waals surface area contributed by atoms with Gasteiger partial charge in [0.15, 0.2) is 11.5 Å². The second kappa shape index (κ2) is 6.09. The number of rotatable bonds is 3. The van der Waals surface area contributed by atoms with Gasteiger partial charge in [0.1, 0.15) is 13.2 Å². The molecular formula is C14H13ClINO2S. The first-order valence-electron chi connectivity index (χ1n) is 6.19. The molecule has 1 aliphatic rings. The Morgan fingerprint density at radius 2 is 1.95 bits per heavy atom. The van der Waals surface area contributed by atoms with Gasteiger partial charge < -0.3 is 14.8 Å². The zero-order valence-corrected chi connectivity index (χ0v) is 14.5. The van der Waals surface area contributed by atoms with Gasteiger partial charge in [0.05, 0.1) is 8.93 Å². The van der Waals surface area contributed by atoms with E-state index in [4.69, 9.17) is 21.1 Å². The fraction of sp³-hybridized carbons (Fsp3) is 0.286. The lowest BCUT2D eigenvalue weighted by Gasteiger charge is -2.23. The summed E-state index contributed by atoms with van der Waals surface area (Å²) in [4.78, 5) is 0. The molecule has 1 aliphatic heterocycles. The Hall–Kier alpha value is -0.500. The van der Waals surface area contributed by atoms with E-state index in [1.807, 2.05) is 19.2 Å². The van der Waals surface area contributed by atoms with Crippen molar-refractivity contribution >= 4 is 45.5 Å². The van der Waals surface area contributed by atoms with E-state index in [0.29, 0.717) is 18.2 Å². The van der Waals surface area contributed by atoms with Gasteiger partial charge in [-0.25, -0.2) is 0 Å². The highest BCUT2D eigenvalue weighted by molar-refractivity contribution is 14.1. The van der Waals surface area contributed by atoms with Crippen molar-refractivity contribution in [3.05, 3.63) is 42.6 Å². The number of fused-ring (bicyclic) bond motifs is 1. The molecule has 0 fully saturated rings. The maximum atomic E-state index is 6.42. The molecule has 0 aliphatic carbocycles. The Morgan fingerprint density at radius 1 is 1.25 bits per heavy atom. The van der Waals surface area contributed by atoms with Gasteiger partial charge in [0, 0.05) is 11.1 Å². The molecule has 6 heteroatoms. The minimum atomic E-state index is 0.0538. The predicted octanol–water partition coefficient (Wildman–Crippen LogP) is 4.09. The quantitative estimate of drug-likeness (QED) is 0.758. The molecule has 1 aromatic heterocycles. The molecule has 0 saturated carbocycles. The summed E-state index contributed by atoms with van der Waals surface area (Å²) < 4.78 is 12.5. The molecule has 1 unspecified atom stereocenters. The van der Waals surface area contributed by atoms with Gasteiger partial charge in [0.25, 0.3) is 0 Å². The molecule has 0 spiro atoms. The average Bonchev–Trinajstić information content (AvgIpc) is 2.86. The number of hydrogen-bond donors (Lipinski definition) is 1. The van der Waals surface area contributed by atoms with Crippen molar-refractivity contribution in [2.75, 3.05) is 20.3 Å². The van der Waals surface area contributed by atoms with Gasteiger partial charge in [-0.2, -0.15) is 0 Å². The van der Waals surface area contributed by atoms with Crippen LogP contribution < -0.4 is 14.8 Å². The van der Waals surface area contributed by atoms with Crippen LogP contribution in [0.15, 0.2) is 23.6 Å². The van der Waals surface area contributed by atoms with Gasteiger partial charge >= 0.3 is 0 Å². The summed E-state index contributed by atoms with van der Waals surface area (Å²) >= 11 is 10.5. The van der Waals surface area contributed by atoms with E-state index >= 15 is 0 Å². The third-order valence-electron chi connectivity index (χ3n) is 3.18. The smallest absolute Gasteiger partial charge is 0.162 e. The summed E-state index contributed by atoms with van der Waals surface area (Å²) in [5.74, 6) is 1.49. The summed E-state index contributed by atoms with van der Waals surface area (Å²) in [5, 5.41) is 6.16. The van der Waals surface area contributed by atoms with E-state index < -0.39 is 0 Å². The largest absolute Gasteiger partial charge is 0.486 e. The van der Waals surface area contributed by atoms with E-state index in [1.165, 1.54) is 8.45 Å². The second-order valence-electron chi connectivity index (χ2n) is 4.42. The minimum Gasteiger partial charge on any atom is -0.486 e.